The second-order valence-electron chi connectivity index (χ2n) is 5.43. The smallest absolute Gasteiger partial charge is 0.185 e. The highest BCUT2D eigenvalue weighted by atomic mass is 35.5. The Kier molecular flexibility index (Phi) is 4.97. The summed E-state index contributed by atoms with van der Waals surface area (Å²) in [5.41, 5.74) is 2.30. The van der Waals surface area contributed by atoms with Gasteiger partial charge < -0.3 is 0 Å². The molecule has 1 aromatic heterocycles. The lowest BCUT2D eigenvalue weighted by atomic mass is 10.1. The van der Waals surface area contributed by atoms with Crippen LogP contribution in [0.5, 0.6) is 0 Å². The van der Waals surface area contributed by atoms with Crippen LogP contribution in [0.1, 0.15) is 35.5 Å². The third-order valence-electron chi connectivity index (χ3n) is 3.11. The Hall–Kier alpha value is -1.87. The number of hydrogen-bond donors (Lipinski definition) is 0. The fraction of sp³-hybridized carbons (Fsp3) is 0.294. The quantitative estimate of drug-likeness (QED) is 0.606. The van der Waals surface area contributed by atoms with Crippen LogP contribution in [0.3, 0.4) is 0 Å². The van der Waals surface area contributed by atoms with Gasteiger partial charge in [0.25, 0.3) is 0 Å². The number of rotatable bonds is 5. The van der Waals surface area contributed by atoms with E-state index in [0.29, 0.717) is 16.6 Å². The van der Waals surface area contributed by atoms with Gasteiger partial charge in [-0.25, -0.2) is 0 Å². The van der Waals surface area contributed by atoms with Gasteiger partial charge in [-0.1, -0.05) is 55.8 Å². The molecule has 0 fully saturated rings. The maximum Gasteiger partial charge on any atom is 0.185 e. The number of ketones is 1. The van der Waals surface area contributed by atoms with Crippen LogP contribution in [-0.4, -0.2) is 15.6 Å². The number of allylic oxidation sites excluding steroid dienone is 1. The maximum absolute atomic E-state index is 12.1. The summed E-state index contributed by atoms with van der Waals surface area (Å²) in [5, 5.41) is 5.00. The van der Waals surface area contributed by atoms with Crippen molar-refractivity contribution >= 4 is 23.5 Å². The van der Waals surface area contributed by atoms with Gasteiger partial charge in [-0.2, -0.15) is 5.10 Å². The first-order chi connectivity index (χ1) is 9.99. The molecule has 2 aromatic rings. The van der Waals surface area contributed by atoms with Crippen LogP contribution in [0.25, 0.3) is 6.08 Å². The Morgan fingerprint density at radius 1 is 1.33 bits per heavy atom. The Bertz CT molecular complexity index is 657. The summed E-state index contributed by atoms with van der Waals surface area (Å²) >= 11 is 6.34. The maximum atomic E-state index is 12.1. The van der Waals surface area contributed by atoms with E-state index in [-0.39, 0.29) is 5.78 Å². The minimum Gasteiger partial charge on any atom is -0.289 e. The molecular formula is C17H19ClN2O. The number of carbonyl (C=O) groups is 1. The normalized spacial score (nSPS) is 11.5. The van der Waals surface area contributed by atoms with E-state index in [9.17, 15) is 4.79 Å². The number of carbonyl (C=O) groups excluding carboxylic acids is 1. The van der Waals surface area contributed by atoms with Crippen molar-refractivity contribution in [3.05, 3.63) is 58.4 Å². The second-order valence-corrected chi connectivity index (χ2v) is 5.79. The lowest BCUT2D eigenvalue weighted by Crippen LogP contribution is -2.06. The topological polar surface area (TPSA) is 34.9 Å². The molecule has 0 aliphatic rings. The standard InChI is InChI=1S/C17H19ClN2O/c1-12(2)11-20-17(18)15(13(3)19-20)9-10-16(21)14-7-5-4-6-8-14/h4-10,12H,11H2,1-3H3/b10-9+. The van der Waals surface area contributed by atoms with Crippen LogP contribution in [0, 0.1) is 12.8 Å². The highest BCUT2D eigenvalue weighted by Gasteiger charge is 2.12. The van der Waals surface area contributed by atoms with Crippen LogP contribution in [0.2, 0.25) is 5.15 Å². The van der Waals surface area contributed by atoms with Crippen LogP contribution in [0.4, 0.5) is 0 Å². The Labute approximate surface area is 130 Å². The van der Waals surface area contributed by atoms with Crippen LogP contribution in [-0.2, 0) is 6.54 Å². The number of aromatic nitrogens is 2. The van der Waals surface area contributed by atoms with E-state index in [4.69, 9.17) is 11.6 Å². The van der Waals surface area contributed by atoms with Crippen LogP contribution < -0.4 is 0 Å². The summed E-state index contributed by atoms with van der Waals surface area (Å²) in [4.78, 5) is 12.1. The van der Waals surface area contributed by atoms with Gasteiger partial charge in [0.2, 0.25) is 0 Å². The van der Waals surface area contributed by atoms with Gasteiger partial charge in [0, 0.05) is 17.7 Å². The van der Waals surface area contributed by atoms with Gasteiger partial charge in [-0.05, 0) is 25.0 Å². The molecule has 0 aliphatic heterocycles. The third-order valence-corrected chi connectivity index (χ3v) is 3.51. The van der Waals surface area contributed by atoms with Crippen molar-refractivity contribution in [2.24, 2.45) is 5.92 Å². The summed E-state index contributed by atoms with van der Waals surface area (Å²) in [6.45, 7) is 6.89. The predicted octanol–water partition coefficient (Wildman–Crippen LogP) is 4.40. The van der Waals surface area contributed by atoms with Gasteiger partial charge in [-0.3, -0.25) is 9.48 Å². The molecule has 0 radical (unpaired) electrons. The minimum atomic E-state index is -0.0392. The number of benzene rings is 1. The van der Waals surface area contributed by atoms with E-state index in [1.807, 2.05) is 25.1 Å². The summed E-state index contributed by atoms with van der Waals surface area (Å²) in [5.74, 6) is 0.423. The molecule has 0 spiro atoms. The molecular weight excluding hydrogens is 284 g/mol. The van der Waals surface area contributed by atoms with Gasteiger partial charge in [0.15, 0.2) is 5.78 Å². The molecule has 0 aliphatic carbocycles. The summed E-state index contributed by atoms with van der Waals surface area (Å²) in [6, 6.07) is 9.17. The first kappa shape index (κ1) is 15.5. The Morgan fingerprint density at radius 3 is 2.62 bits per heavy atom. The fourth-order valence-corrected chi connectivity index (χ4v) is 2.39. The van der Waals surface area contributed by atoms with Crippen molar-refractivity contribution in [2.45, 2.75) is 27.3 Å². The average Bonchev–Trinajstić information content (AvgIpc) is 2.71. The number of hydrogen-bond acceptors (Lipinski definition) is 2. The Balaban J connectivity index is 2.22. The van der Waals surface area contributed by atoms with Crippen molar-refractivity contribution in [3.8, 4) is 0 Å². The molecule has 1 heterocycles. The molecule has 0 atom stereocenters. The van der Waals surface area contributed by atoms with E-state index in [1.54, 1.807) is 29.0 Å². The van der Waals surface area contributed by atoms with Crippen LogP contribution >= 0.6 is 11.6 Å². The van der Waals surface area contributed by atoms with E-state index >= 15 is 0 Å². The van der Waals surface area contributed by atoms with Gasteiger partial charge >= 0.3 is 0 Å². The third kappa shape index (κ3) is 3.82. The molecule has 0 saturated heterocycles. The minimum absolute atomic E-state index is 0.0392. The zero-order chi connectivity index (χ0) is 15.4. The lowest BCUT2D eigenvalue weighted by Gasteiger charge is -2.05. The zero-order valence-electron chi connectivity index (χ0n) is 12.5. The molecule has 0 saturated carbocycles. The number of halogens is 1. The van der Waals surface area contributed by atoms with Gasteiger partial charge in [0.05, 0.1) is 5.69 Å². The van der Waals surface area contributed by atoms with Crippen molar-refractivity contribution in [1.29, 1.82) is 0 Å². The molecule has 0 amide bonds. The fourth-order valence-electron chi connectivity index (χ4n) is 2.08. The zero-order valence-corrected chi connectivity index (χ0v) is 13.3. The van der Waals surface area contributed by atoms with Gasteiger partial charge in [-0.15, -0.1) is 0 Å². The first-order valence-electron chi connectivity index (χ1n) is 6.99. The second kappa shape index (κ2) is 6.72. The van der Waals surface area contributed by atoms with Crippen molar-refractivity contribution in [2.75, 3.05) is 0 Å². The SMILES string of the molecule is Cc1nn(CC(C)C)c(Cl)c1/C=C/C(=O)c1ccccc1. The summed E-state index contributed by atoms with van der Waals surface area (Å²) in [7, 11) is 0. The molecule has 4 heteroatoms. The van der Waals surface area contributed by atoms with E-state index in [1.165, 1.54) is 0 Å². The van der Waals surface area contributed by atoms with Gasteiger partial charge in [0.1, 0.15) is 5.15 Å². The van der Waals surface area contributed by atoms with E-state index in [2.05, 4.69) is 18.9 Å². The Morgan fingerprint density at radius 2 is 2.00 bits per heavy atom. The molecule has 0 bridgehead atoms. The van der Waals surface area contributed by atoms with Crippen LogP contribution in [0.15, 0.2) is 36.4 Å². The highest BCUT2D eigenvalue weighted by Crippen LogP contribution is 2.22. The highest BCUT2D eigenvalue weighted by molar-refractivity contribution is 6.31. The molecule has 1 aromatic carbocycles. The lowest BCUT2D eigenvalue weighted by molar-refractivity contribution is 0.104. The summed E-state index contributed by atoms with van der Waals surface area (Å²) in [6.07, 6.45) is 3.29. The van der Waals surface area contributed by atoms with E-state index < -0.39 is 0 Å². The monoisotopic (exact) mass is 302 g/mol. The van der Waals surface area contributed by atoms with Crippen molar-refractivity contribution in [3.63, 3.8) is 0 Å². The average molecular weight is 303 g/mol. The molecule has 0 unspecified atom stereocenters. The van der Waals surface area contributed by atoms with Crippen molar-refractivity contribution in [1.82, 2.24) is 9.78 Å². The largest absolute Gasteiger partial charge is 0.289 e. The first-order valence-corrected chi connectivity index (χ1v) is 7.37. The van der Waals surface area contributed by atoms with Crippen molar-refractivity contribution < 1.29 is 4.79 Å². The number of nitrogens with zero attached hydrogens (tertiary/aromatic N) is 2. The molecule has 2 rings (SSSR count). The predicted molar refractivity (Wildman–Crippen MR) is 86.6 cm³/mol. The molecule has 3 nitrogen and oxygen atoms in total. The summed E-state index contributed by atoms with van der Waals surface area (Å²) < 4.78 is 1.79. The molecule has 0 N–H and O–H groups in total. The molecule has 110 valence electrons. The number of aryl methyl sites for hydroxylation is 1. The molecule has 21 heavy (non-hydrogen) atoms. The van der Waals surface area contributed by atoms with E-state index in [0.717, 1.165) is 17.8 Å².